The molecule has 0 saturated carbocycles. The number of nitrogens with one attached hydrogen (secondary N) is 1. The van der Waals surface area contributed by atoms with Gasteiger partial charge in [-0.15, -0.1) is 0 Å². The van der Waals surface area contributed by atoms with E-state index in [1.165, 1.54) is 12.5 Å². The number of benzene rings is 1. The first-order chi connectivity index (χ1) is 14.9. The molecule has 2 aromatic heterocycles. The van der Waals surface area contributed by atoms with Crippen LogP contribution in [0.3, 0.4) is 0 Å². The Morgan fingerprint density at radius 2 is 1.87 bits per heavy atom. The summed E-state index contributed by atoms with van der Waals surface area (Å²) in [5.74, 6) is -1.08. The third kappa shape index (κ3) is 4.23. The molecule has 0 atom stereocenters. The average molecular weight is 422 g/mol. The summed E-state index contributed by atoms with van der Waals surface area (Å²) in [6.07, 6.45) is 3.28. The van der Waals surface area contributed by atoms with E-state index in [-0.39, 0.29) is 43.3 Å². The van der Waals surface area contributed by atoms with Gasteiger partial charge in [0.1, 0.15) is 18.3 Å². The van der Waals surface area contributed by atoms with Crippen molar-refractivity contribution >= 4 is 28.8 Å². The van der Waals surface area contributed by atoms with Crippen molar-refractivity contribution < 1.29 is 14.4 Å². The van der Waals surface area contributed by atoms with Gasteiger partial charge < -0.3 is 5.32 Å². The van der Waals surface area contributed by atoms with Gasteiger partial charge in [-0.1, -0.05) is 24.3 Å². The van der Waals surface area contributed by atoms with Crippen LogP contribution in [-0.2, 0) is 27.5 Å². The Balaban J connectivity index is 1.40. The molecule has 3 aromatic rings. The Morgan fingerprint density at radius 3 is 2.61 bits per heavy atom. The molecule has 3 heterocycles. The maximum Gasteiger partial charge on any atom is 0.264 e. The number of fused-ring (bicyclic) bond motifs is 1. The largest absolute Gasteiger partial charge is 0.353 e. The van der Waals surface area contributed by atoms with Crippen LogP contribution < -0.4 is 10.9 Å². The molecule has 1 fully saturated rings. The predicted molar refractivity (Wildman–Crippen MR) is 111 cm³/mol. The topological polar surface area (TPSA) is 119 Å². The van der Waals surface area contributed by atoms with Crippen molar-refractivity contribution in [2.75, 3.05) is 13.1 Å². The summed E-state index contributed by atoms with van der Waals surface area (Å²) >= 11 is 0. The van der Waals surface area contributed by atoms with Gasteiger partial charge in [0, 0.05) is 19.4 Å². The van der Waals surface area contributed by atoms with E-state index < -0.39 is 5.91 Å². The zero-order valence-electron chi connectivity index (χ0n) is 17.1. The van der Waals surface area contributed by atoms with Crippen molar-refractivity contribution in [2.45, 2.75) is 32.9 Å². The summed E-state index contributed by atoms with van der Waals surface area (Å²) in [7, 11) is 0. The number of imide groups is 1. The zero-order valence-corrected chi connectivity index (χ0v) is 17.1. The van der Waals surface area contributed by atoms with Crippen molar-refractivity contribution in [2.24, 2.45) is 0 Å². The highest BCUT2D eigenvalue weighted by Gasteiger charge is 2.30. The maximum atomic E-state index is 12.8. The van der Waals surface area contributed by atoms with Crippen LogP contribution in [0.1, 0.15) is 24.0 Å². The van der Waals surface area contributed by atoms with E-state index in [2.05, 4.69) is 15.4 Å². The summed E-state index contributed by atoms with van der Waals surface area (Å²) in [6.45, 7) is 2.66. The summed E-state index contributed by atoms with van der Waals surface area (Å²) in [4.78, 5) is 53.4. The lowest BCUT2D eigenvalue weighted by atomic mass is 10.1. The Labute approximate surface area is 177 Å². The second kappa shape index (κ2) is 8.50. The normalized spacial score (nSPS) is 13.9. The Kier molecular flexibility index (Phi) is 5.61. The lowest BCUT2D eigenvalue weighted by Gasteiger charge is -2.13. The third-order valence-corrected chi connectivity index (χ3v) is 5.33. The number of carbonyl (C=O) groups is 3. The van der Waals surface area contributed by atoms with Crippen LogP contribution >= 0.6 is 0 Å². The molecule has 10 nitrogen and oxygen atoms in total. The van der Waals surface area contributed by atoms with Gasteiger partial charge in [0.25, 0.3) is 5.56 Å². The molecule has 160 valence electrons. The van der Waals surface area contributed by atoms with Gasteiger partial charge in [-0.05, 0) is 18.1 Å². The summed E-state index contributed by atoms with van der Waals surface area (Å²) in [5, 5.41) is 7.28. The lowest BCUT2D eigenvalue weighted by molar-refractivity contribution is -0.142. The van der Waals surface area contributed by atoms with Crippen molar-refractivity contribution in [1.82, 2.24) is 29.5 Å². The van der Waals surface area contributed by atoms with Crippen LogP contribution in [0.5, 0.6) is 0 Å². The fourth-order valence-corrected chi connectivity index (χ4v) is 3.54. The van der Waals surface area contributed by atoms with E-state index in [1.807, 2.05) is 31.2 Å². The highest BCUT2D eigenvalue weighted by atomic mass is 16.2. The fourth-order valence-electron chi connectivity index (χ4n) is 3.54. The SMILES string of the molecule is Cc1ccccc1Cn1cnc2c(cnn2CCNC(=O)CN2C(=O)CCC2=O)c1=O. The van der Waals surface area contributed by atoms with Gasteiger partial charge in [-0.3, -0.25) is 28.6 Å². The van der Waals surface area contributed by atoms with E-state index in [1.54, 1.807) is 9.25 Å². The minimum Gasteiger partial charge on any atom is -0.353 e. The van der Waals surface area contributed by atoms with Crippen molar-refractivity contribution in [3.63, 3.8) is 0 Å². The number of amides is 3. The molecule has 0 bridgehead atoms. The second-order valence-corrected chi connectivity index (χ2v) is 7.43. The molecular formula is C21H22N6O4. The summed E-state index contributed by atoms with van der Waals surface area (Å²) in [5.41, 5.74) is 2.38. The summed E-state index contributed by atoms with van der Waals surface area (Å²) in [6, 6.07) is 7.85. The van der Waals surface area contributed by atoms with E-state index >= 15 is 0 Å². The highest BCUT2D eigenvalue weighted by Crippen LogP contribution is 2.11. The lowest BCUT2D eigenvalue weighted by Crippen LogP contribution is -2.40. The van der Waals surface area contributed by atoms with Crippen molar-refractivity contribution in [3.8, 4) is 0 Å². The molecule has 10 heteroatoms. The van der Waals surface area contributed by atoms with Gasteiger partial charge in [0.2, 0.25) is 17.7 Å². The molecule has 0 radical (unpaired) electrons. The predicted octanol–water partition coefficient (Wildman–Crippen LogP) is 0.215. The number of rotatable bonds is 7. The van der Waals surface area contributed by atoms with Crippen LogP contribution in [-0.4, -0.2) is 55.0 Å². The molecule has 0 unspecified atom stereocenters. The molecule has 0 spiro atoms. The molecule has 31 heavy (non-hydrogen) atoms. The monoisotopic (exact) mass is 422 g/mol. The maximum absolute atomic E-state index is 12.8. The first kappa shape index (κ1) is 20.5. The number of carbonyl (C=O) groups excluding carboxylic acids is 3. The molecule has 1 saturated heterocycles. The van der Waals surface area contributed by atoms with Crippen LogP contribution in [0.4, 0.5) is 0 Å². The van der Waals surface area contributed by atoms with E-state index in [9.17, 15) is 19.2 Å². The Bertz CT molecular complexity index is 1210. The molecule has 1 aliphatic heterocycles. The van der Waals surface area contributed by atoms with Gasteiger partial charge in [0.05, 0.1) is 19.3 Å². The molecule has 3 amide bonds. The second-order valence-electron chi connectivity index (χ2n) is 7.43. The molecule has 0 aliphatic carbocycles. The number of nitrogens with zero attached hydrogens (tertiary/aromatic N) is 5. The number of hydrogen-bond donors (Lipinski definition) is 1. The van der Waals surface area contributed by atoms with Crippen LogP contribution in [0, 0.1) is 6.92 Å². The fraction of sp³-hybridized carbons (Fsp3) is 0.333. The van der Waals surface area contributed by atoms with Gasteiger partial charge in [0.15, 0.2) is 5.65 Å². The number of aryl methyl sites for hydroxylation is 1. The molecule has 1 N–H and O–H groups in total. The quantitative estimate of drug-likeness (QED) is 0.544. The number of hydrogen-bond acceptors (Lipinski definition) is 6. The van der Waals surface area contributed by atoms with E-state index in [0.29, 0.717) is 24.1 Å². The molecular weight excluding hydrogens is 400 g/mol. The van der Waals surface area contributed by atoms with E-state index in [4.69, 9.17) is 0 Å². The highest BCUT2D eigenvalue weighted by molar-refractivity contribution is 6.04. The third-order valence-electron chi connectivity index (χ3n) is 5.33. The van der Waals surface area contributed by atoms with Crippen LogP contribution in [0.2, 0.25) is 0 Å². The number of likely N-dealkylation sites (tertiary alicyclic amines) is 1. The molecule has 4 rings (SSSR count). The van der Waals surface area contributed by atoms with E-state index in [0.717, 1.165) is 16.0 Å². The molecule has 1 aliphatic rings. The minimum absolute atomic E-state index is 0.151. The van der Waals surface area contributed by atoms with Gasteiger partial charge in [-0.2, -0.15) is 5.10 Å². The van der Waals surface area contributed by atoms with Gasteiger partial charge >= 0.3 is 0 Å². The number of aromatic nitrogens is 4. The van der Waals surface area contributed by atoms with Crippen molar-refractivity contribution in [1.29, 1.82) is 0 Å². The zero-order chi connectivity index (χ0) is 22.0. The summed E-state index contributed by atoms with van der Waals surface area (Å²) < 4.78 is 3.09. The van der Waals surface area contributed by atoms with Crippen molar-refractivity contribution in [3.05, 3.63) is 58.3 Å². The van der Waals surface area contributed by atoms with Gasteiger partial charge in [-0.25, -0.2) is 9.67 Å². The Morgan fingerprint density at radius 1 is 1.13 bits per heavy atom. The van der Waals surface area contributed by atoms with Crippen LogP contribution in [0.15, 0.2) is 41.6 Å². The molecule has 1 aromatic carbocycles. The Hall–Kier alpha value is -3.82. The first-order valence-corrected chi connectivity index (χ1v) is 9.99. The first-order valence-electron chi connectivity index (χ1n) is 9.99. The van der Waals surface area contributed by atoms with Crippen LogP contribution in [0.25, 0.3) is 11.0 Å². The standard InChI is InChI=1S/C21H22N6O4/c1-14-4-2-3-5-15(14)11-25-13-23-20-16(21(25)31)10-24-27(20)9-8-22-17(28)12-26-18(29)6-7-19(26)30/h2-5,10,13H,6-9,11-12H2,1H3,(H,22,28). The smallest absolute Gasteiger partial charge is 0.264 e. The minimum atomic E-state index is -0.423. The average Bonchev–Trinajstić information content (AvgIpc) is 3.30.